The molecule has 0 aliphatic heterocycles. The molecule has 2 rings (SSSR count). The van der Waals surface area contributed by atoms with Gasteiger partial charge in [-0.3, -0.25) is 4.98 Å². The maximum Gasteiger partial charge on any atom is 0.227 e. The lowest BCUT2D eigenvalue weighted by molar-refractivity contribution is 0.500. The van der Waals surface area contributed by atoms with E-state index in [1.165, 1.54) is 11.3 Å². The van der Waals surface area contributed by atoms with Gasteiger partial charge in [0, 0.05) is 18.0 Å². The molecule has 0 radical (unpaired) electrons. The van der Waals surface area contributed by atoms with Gasteiger partial charge in [-0.2, -0.15) is 4.39 Å². The van der Waals surface area contributed by atoms with E-state index >= 15 is 0 Å². The lowest BCUT2D eigenvalue weighted by Crippen LogP contribution is -2.01. The van der Waals surface area contributed by atoms with Crippen LogP contribution < -0.4 is 0 Å². The van der Waals surface area contributed by atoms with Crippen LogP contribution >= 0.6 is 11.3 Å². The summed E-state index contributed by atoms with van der Waals surface area (Å²) in [5.41, 5.74) is 0.874. The van der Waals surface area contributed by atoms with Crippen molar-refractivity contribution in [3.05, 3.63) is 35.4 Å². The van der Waals surface area contributed by atoms with Crippen molar-refractivity contribution in [1.29, 1.82) is 0 Å². The molecule has 0 bridgehead atoms. The zero-order valence-electron chi connectivity index (χ0n) is 10.1. The average molecular weight is 250 g/mol. The van der Waals surface area contributed by atoms with Crippen LogP contribution in [0.4, 0.5) is 4.39 Å². The smallest absolute Gasteiger partial charge is 0.227 e. The molecule has 0 amide bonds. The van der Waals surface area contributed by atoms with Gasteiger partial charge in [0.15, 0.2) is 0 Å². The van der Waals surface area contributed by atoms with Crippen molar-refractivity contribution in [3.8, 4) is 10.6 Å². The van der Waals surface area contributed by atoms with Gasteiger partial charge in [0.25, 0.3) is 0 Å². The van der Waals surface area contributed by atoms with Gasteiger partial charge in [0.2, 0.25) is 5.95 Å². The van der Waals surface area contributed by atoms with Crippen LogP contribution in [0.3, 0.4) is 0 Å². The number of rotatable bonds is 3. The molecule has 17 heavy (non-hydrogen) atoms. The Balaban J connectivity index is 2.37. The van der Waals surface area contributed by atoms with Crippen LogP contribution in [-0.4, -0.2) is 9.97 Å². The van der Waals surface area contributed by atoms with Crippen molar-refractivity contribution in [2.24, 2.45) is 5.92 Å². The first-order valence-electron chi connectivity index (χ1n) is 5.66. The van der Waals surface area contributed by atoms with Crippen LogP contribution in [0.25, 0.3) is 10.6 Å². The zero-order valence-corrected chi connectivity index (χ0v) is 11.0. The average Bonchev–Trinajstić information content (AvgIpc) is 2.71. The summed E-state index contributed by atoms with van der Waals surface area (Å²) in [5, 5.41) is 0.707. The quantitative estimate of drug-likeness (QED) is 0.819. The summed E-state index contributed by atoms with van der Waals surface area (Å²) in [6.07, 6.45) is 3.41. The molecule has 1 unspecified atom stereocenters. The van der Waals surface area contributed by atoms with Crippen molar-refractivity contribution in [2.45, 2.75) is 26.7 Å². The molecule has 1 atom stereocenters. The van der Waals surface area contributed by atoms with Crippen molar-refractivity contribution in [2.75, 3.05) is 0 Å². The minimum atomic E-state index is -0.338. The molecular weight excluding hydrogens is 235 g/mol. The van der Waals surface area contributed by atoms with Crippen LogP contribution in [0.2, 0.25) is 0 Å². The number of hydrogen-bond donors (Lipinski definition) is 0. The summed E-state index contributed by atoms with van der Waals surface area (Å²) in [7, 11) is 0. The third-order valence-corrected chi connectivity index (χ3v) is 4.21. The third kappa shape index (κ3) is 2.52. The highest BCUT2D eigenvalue weighted by Gasteiger charge is 2.20. The molecule has 2 nitrogen and oxygen atoms in total. The summed E-state index contributed by atoms with van der Waals surface area (Å²) in [6, 6.07) is 3.73. The monoisotopic (exact) mass is 250 g/mol. The third-order valence-electron chi connectivity index (χ3n) is 2.93. The van der Waals surface area contributed by atoms with E-state index in [0.717, 1.165) is 10.4 Å². The molecule has 2 aromatic rings. The van der Waals surface area contributed by atoms with E-state index < -0.39 is 0 Å². The van der Waals surface area contributed by atoms with Gasteiger partial charge in [0.05, 0.1) is 4.88 Å². The highest BCUT2D eigenvalue weighted by atomic mass is 32.1. The summed E-state index contributed by atoms with van der Waals surface area (Å²) in [4.78, 5) is 8.76. The lowest BCUT2D eigenvalue weighted by Gasteiger charge is -2.12. The highest BCUT2D eigenvalue weighted by Crippen LogP contribution is 2.34. The Labute approximate surface area is 105 Å². The second kappa shape index (κ2) is 4.92. The maximum atomic E-state index is 13.8. The van der Waals surface area contributed by atoms with Crippen LogP contribution in [0, 0.1) is 11.9 Å². The Bertz CT molecular complexity index is 493. The van der Waals surface area contributed by atoms with Gasteiger partial charge >= 0.3 is 0 Å². The van der Waals surface area contributed by atoms with E-state index in [0.29, 0.717) is 10.9 Å². The molecule has 4 heteroatoms. The second-order valence-corrected chi connectivity index (χ2v) is 5.48. The van der Waals surface area contributed by atoms with Crippen molar-refractivity contribution >= 4 is 11.3 Å². The van der Waals surface area contributed by atoms with Crippen LogP contribution in [-0.2, 0) is 0 Å². The Kier molecular flexibility index (Phi) is 3.52. The number of pyridine rings is 1. The Morgan fingerprint density at radius 1 is 1.29 bits per heavy atom. The molecule has 2 heterocycles. The molecule has 0 saturated carbocycles. The zero-order chi connectivity index (χ0) is 12.4. The van der Waals surface area contributed by atoms with E-state index in [2.05, 4.69) is 23.8 Å². The molecule has 0 aromatic carbocycles. The Morgan fingerprint density at radius 2 is 2.06 bits per heavy atom. The first kappa shape index (κ1) is 12.2. The molecule has 0 aliphatic rings. The topological polar surface area (TPSA) is 25.8 Å². The Hall–Kier alpha value is -1.29. The van der Waals surface area contributed by atoms with Crippen molar-refractivity contribution in [1.82, 2.24) is 9.97 Å². The standard InChI is InChI=1S/C13H15FN2S/c1-8(2)9(3)11-12(14)16-13(17-11)10-5-4-6-15-7-10/h4-9H,1-3H3. The molecule has 0 N–H and O–H groups in total. The summed E-state index contributed by atoms with van der Waals surface area (Å²) in [5.74, 6) is 0.264. The van der Waals surface area contributed by atoms with Crippen LogP contribution in [0.1, 0.15) is 31.6 Å². The SMILES string of the molecule is CC(C)C(C)c1sc(-c2cccnc2)nc1F. The van der Waals surface area contributed by atoms with Gasteiger partial charge < -0.3 is 0 Å². The van der Waals surface area contributed by atoms with Crippen LogP contribution in [0.5, 0.6) is 0 Å². The van der Waals surface area contributed by atoms with E-state index in [1.807, 2.05) is 19.1 Å². The maximum absolute atomic E-state index is 13.8. The summed E-state index contributed by atoms with van der Waals surface area (Å²) < 4.78 is 13.8. The number of halogens is 1. The summed E-state index contributed by atoms with van der Waals surface area (Å²) in [6.45, 7) is 6.22. The van der Waals surface area contributed by atoms with Crippen LogP contribution in [0.15, 0.2) is 24.5 Å². The predicted octanol–water partition coefficient (Wildman–Crippen LogP) is 4.10. The van der Waals surface area contributed by atoms with E-state index in [1.54, 1.807) is 12.4 Å². The number of thiazole rings is 1. The molecule has 0 aliphatic carbocycles. The van der Waals surface area contributed by atoms with E-state index in [4.69, 9.17) is 0 Å². The largest absolute Gasteiger partial charge is 0.264 e. The van der Waals surface area contributed by atoms with Crippen molar-refractivity contribution < 1.29 is 4.39 Å². The fourth-order valence-corrected chi connectivity index (χ4v) is 2.67. The van der Waals surface area contributed by atoms with Gasteiger partial charge in [-0.1, -0.05) is 20.8 Å². The Morgan fingerprint density at radius 3 is 2.65 bits per heavy atom. The second-order valence-electron chi connectivity index (χ2n) is 4.45. The lowest BCUT2D eigenvalue weighted by atomic mass is 9.97. The number of nitrogens with zero attached hydrogens (tertiary/aromatic N) is 2. The minimum absolute atomic E-state index is 0.193. The fraction of sp³-hybridized carbons (Fsp3) is 0.385. The number of hydrogen-bond acceptors (Lipinski definition) is 3. The highest BCUT2D eigenvalue weighted by molar-refractivity contribution is 7.15. The summed E-state index contributed by atoms with van der Waals surface area (Å²) >= 11 is 1.42. The van der Waals surface area contributed by atoms with Gasteiger partial charge in [-0.25, -0.2) is 4.98 Å². The minimum Gasteiger partial charge on any atom is -0.264 e. The fourth-order valence-electron chi connectivity index (χ4n) is 1.51. The number of aromatic nitrogens is 2. The molecule has 2 aromatic heterocycles. The van der Waals surface area contributed by atoms with E-state index in [9.17, 15) is 4.39 Å². The normalized spacial score (nSPS) is 13.0. The molecular formula is C13H15FN2S. The van der Waals surface area contributed by atoms with Crippen molar-refractivity contribution in [3.63, 3.8) is 0 Å². The van der Waals surface area contributed by atoms with E-state index in [-0.39, 0.29) is 11.9 Å². The van der Waals surface area contributed by atoms with Gasteiger partial charge in [-0.05, 0) is 24.0 Å². The predicted molar refractivity (Wildman–Crippen MR) is 68.6 cm³/mol. The molecule has 0 fully saturated rings. The first-order chi connectivity index (χ1) is 8.09. The first-order valence-corrected chi connectivity index (χ1v) is 6.48. The van der Waals surface area contributed by atoms with Gasteiger partial charge in [0.1, 0.15) is 5.01 Å². The molecule has 0 saturated heterocycles. The molecule has 0 spiro atoms. The van der Waals surface area contributed by atoms with Gasteiger partial charge in [-0.15, -0.1) is 11.3 Å². The molecule has 90 valence electrons.